The first-order valence-electron chi connectivity index (χ1n) is 38.8. The minimum atomic E-state index is -2.49. The fourth-order valence-corrected chi connectivity index (χ4v) is 15.5. The molecule has 37 nitrogen and oxygen atoms in total. The molecule has 13 atom stereocenters. The fraction of sp³-hybridized carbons (Fsp3) is 0.597. The molecule has 1 fully saturated rings. The van der Waals surface area contributed by atoms with Crippen molar-refractivity contribution >= 4 is 110 Å². The Morgan fingerprint density at radius 1 is 0.791 bits per heavy atom. The standard InChI is InChI=1S/C77H110N16O21S/c1-10-42(6)67-72(107)82-35-65(102)83-57-40-115(112)73-53(28-46(69(104)81-36-66(103)86-67)29-62(99)68(43(7)63(100)38-94)87-71(106)59-33-49(96)37-92(59)74(108)47(30-61(57)98)31-64(78)101)51-22-21-50(34-56(51)85-73)114-77(111)91(9)26-25-90(8)76(110)113-39-45-19-17-44(18-20-45)27-60(97)55(16-13-23-80-75(79)109)84-70(105)52(41(4)5)32-48(95)15-14-24-93-58(12-3)54(11-2)88-89-93/h17-22,34,41-43,46-47,49,52,55,57,59,63,67-68,85,94,96,100H,10-16,23-33,35-40H2,1-9H3,(H2,78,101)(H,81,104)(H,82,107)(H,83,102)(H,84,105)(H,86,103)(H,87,106)(H3,79,80,109)/t42-,43-,46-,47-,49+,52-,55-,57-,59-,63-,67-,68-,115?/m0/s1. The molecule has 1 saturated heterocycles. The maximum Gasteiger partial charge on any atom is 0.415 e. The Morgan fingerprint density at radius 2 is 1.46 bits per heavy atom. The van der Waals surface area contributed by atoms with E-state index >= 15 is 9.00 Å². The number of aliphatic hydroxyl groups excluding tert-OH is 3. The summed E-state index contributed by atoms with van der Waals surface area (Å²) in [6, 6.07) is 2.61. The molecule has 3 aliphatic heterocycles. The first-order chi connectivity index (χ1) is 54.5. The topological polar surface area (TPSA) is 545 Å². The van der Waals surface area contributed by atoms with Gasteiger partial charge in [0.05, 0.1) is 89.4 Å². The number of rotatable bonds is 31. The van der Waals surface area contributed by atoms with Gasteiger partial charge in [-0.15, -0.1) is 5.10 Å². The summed E-state index contributed by atoms with van der Waals surface area (Å²) in [4.78, 5) is 214. The van der Waals surface area contributed by atoms with Gasteiger partial charge in [0.2, 0.25) is 47.3 Å². The number of aromatic amines is 1. The largest absolute Gasteiger partial charge is 0.445 e. The lowest BCUT2D eigenvalue weighted by Gasteiger charge is -2.32. The summed E-state index contributed by atoms with van der Waals surface area (Å²) in [6.45, 7) is 9.60. The van der Waals surface area contributed by atoms with Gasteiger partial charge < -0.3 is 93.2 Å². The van der Waals surface area contributed by atoms with Gasteiger partial charge in [0.15, 0.2) is 17.3 Å². The van der Waals surface area contributed by atoms with Crippen molar-refractivity contribution in [1.82, 2.24) is 71.9 Å². The molecule has 1 unspecified atom stereocenters. The second-order valence-electron chi connectivity index (χ2n) is 30.1. The molecule has 2 aromatic heterocycles. The summed E-state index contributed by atoms with van der Waals surface area (Å²) >= 11 is 0. The van der Waals surface area contributed by atoms with E-state index in [0.29, 0.717) is 36.9 Å². The third kappa shape index (κ3) is 26.0. The number of hydrogen-bond donors (Lipinski definition) is 13. The number of amides is 12. The number of nitrogens with one attached hydrogen (secondary N) is 8. The van der Waals surface area contributed by atoms with Gasteiger partial charge in [-0.2, -0.15) is 0 Å². The monoisotopic (exact) mass is 1630 g/mol. The number of carbonyl (C=O) groups is 15. The number of benzene rings is 2. The quantitative estimate of drug-likeness (QED) is 0.0288. The highest BCUT2D eigenvalue weighted by Crippen LogP contribution is 2.34. The Labute approximate surface area is 668 Å². The number of likely N-dealkylation sites (N-methyl/N-ethyl adjacent to an activating group) is 2. The molecule has 38 heteroatoms. The van der Waals surface area contributed by atoms with Crippen LogP contribution in [0.1, 0.15) is 141 Å². The number of Topliss-reactive ketones (excluding diaryl/α,β-unsaturated/α-hetero) is 4. The summed E-state index contributed by atoms with van der Waals surface area (Å²) in [6.07, 6.45) is -5.36. The number of aryl methyl sites for hydroxylation is 2. The van der Waals surface area contributed by atoms with Crippen LogP contribution in [0.25, 0.3) is 10.9 Å². The summed E-state index contributed by atoms with van der Waals surface area (Å²) in [5.74, 6) is -16.7. The van der Waals surface area contributed by atoms with Crippen molar-refractivity contribution in [2.75, 3.05) is 65.7 Å². The maximum atomic E-state index is 15.3. The zero-order valence-electron chi connectivity index (χ0n) is 66.5. The van der Waals surface area contributed by atoms with E-state index < -0.39 is 224 Å². The average Bonchev–Trinajstić information content (AvgIpc) is 1.63. The number of carbonyl (C=O) groups excluding carboxylic acids is 15. The summed E-state index contributed by atoms with van der Waals surface area (Å²) < 4.78 is 28.5. The van der Waals surface area contributed by atoms with Crippen LogP contribution >= 0.6 is 0 Å². The molecule has 7 rings (SSSR count). The van der Waals surface area contributed by atoms with E-state index in [0.717, 1.165) is 34.0 Å². The SMILES string of the molecule is CCc1nnn(CCCC(=O)C[C@H](C(=O)N[C@@H](CCCNC(N)=O)C(=O)Cc2ccc(COC(=O)N(C)CCN(C)C(=O)Oc3ccc4c5c([nH]c4c3)S(=O)C[C@@H]3NC(=O)CNC(=O)[C@H]([C@@H](C)CC)NC(=O)CNC(=O)[C@H](CC(=O)[C@H]([C@@H](C)[C@@H](O)CO)NC(=O)[C@@H]4C[C@@H](O)CN4C(=O)[C@H](CC(N)=O)CC3=O)C5)cc2)C(C)C)c1CC. The minimum Gasteiger partial charge on any atom is -0.445 e. The molecule has 0 spiro atoms. The molecule has 2 bridgehead atoms. The van der Waals surface area contributed by atoms with Gasteiger partial charge in [0.1, 0.15) is 35.2 Å². The van der Waals surface area contributed by atoms with Crippen molar-refractivity contribution in [2.45, 2.75) is 199 Å². The van der Waals surface area contributed by atoms with E-state index in [1.54, 1.807) is 38.1 Å². The van der Waals surface area contributed by atoms with Crippen LogP contribution in [0.5, 0.6) is 5.75 Å². The number of hydrogen-bond acceptors (Lipinski definition) is 23. The predicted molar refractivity (Wildman–Crippen MR) is 414 cm³/mol. The number of aromatic nitrogens is 4. The van der Waals surface area contributed by atoms with Gasteiger partial charge in [0, 0.05) is 121 Å². The molecule has 2 aromatic carbocycles. The molecule has 4 aromatic rings. The maximum absolute atomic E-state index is 15.3. The molecule has 5 heterocycles. The molecular weight excluding hydrogens is 1520 g/mol. The Morgan fingerprint density at radius 3 is 2.10 bits per heavy atom. The lowest BCUT2D eigenvalue weighted by Crippen LogP contribution is -2.56. The van der Waals surface area contributed by atoms with Crippen molar-refractivity contribution in [3.05, 3.63) is 70.5 Å². The van der Waals surface area contributed by atoms with Crippen molar-refractivity contribution in [2.24, 2.45) is 47.0 Å². The van der Waals surface area contributed by atoms with E-state index in [-0.39, 0.29) is 96.7 Å². The van der Waals surface area contributed by atoms with Crippen molar-refractivity contribution in [3.8, 4) is 5.75 Å². The lowest BCUT2D eigenvalue weighted by atomic mass is 9.85. The zero-order valence-corrected chi connectivity index (χ0v) is 67.3. The Hall–Kier alpha value is -10.6. The van der Waals surface area contributed by atoms with Crippen LogP contribution in [0.15, 0.2) is 47.5 Å². The van der Waals surface area contributed by atoms with Gasteiger partial charge in [0.25, 0.3) is 0 Å². The summed E-state index contributed by atoms with van der Waals surface area (Å²) in [5.41, 5.74) is 14.1. The highest BCUT2D eigenvalue weighted by atomic mass is 32.2. The number of H-pyrrole nitrogens is 1. The molecule has 3 aliphatic rings. The first-order valence-corrected chi connectivity index (χ1v) is 40.1. The van der Waals surface area contributed by atoms with E-state index in [4.69, 9.17) is 20.9 Å². The summed E-state index contributed by atoms with van der Waals surface area (Å²) in [7, 11) is 0.328. The number of primary amides is 2. The predicted octanol–water partition coefficient (Wildman–Crippen LogP) is -0.272. The Kier molecular flexibility index (Phi) is 34.4. The van der Waals surface area contributed by atoms with Crippen LogP contribution in [0.2, 0.25) is 0 Å². The number of ketones is 4. The third-order valence-electron chi connectivity index (χ3n) is 21.1. The molecule has 0 radical (unpaired) electrons. The number of urea groups is 1. The van der Waals surface area contributed by atoms with Gasteiger partial charge in [-0.05, 0) is 79.2 Å². The summed E-state index contributed by atoms with van der Waals surface area (Å²) in [5, 5.41) is 58.5. The van der Waals surface area contributed by atoms with E-state index in [1.165, 1.54) is 44.1 Å². The van der Waals surface area contributed by atoms with Crippen molar-refractivity contribution in [3.63, 3.8) is 0 Å². The van der Waals surface area contributed by atoms with E-state index in [9.17, 15) is 82.4 Å². The van der Waals surface area contributed by atoms with E-state index in [2.05, 4.69) is 52.5 Å². The number of aliphatic hydroxyl groups is 3. The molecule has 12 amide bonds. The second-order valence-corrected chi connectivity index (χ2v) is 31.5. The van der Waals surface area contributed by atoms with Gasteiger partial charge >= 0.3 is 18.2 Å². The van der Waals surface area contributed by atoms with Crippen LogP contribution in [0.4, 0.5) is 14.4 Å². The number of nitrogens with zero attached hydrogens (tertiary/aromatic N) is 6. The van der Waals surface area contributed by atoms with E-state index in [1.807, 2.05) is 32.4 Å². The molecule has 0 saturated carbocycles. The number of fused-ring (bicyclic) bond motifs is 5. The second kappa shape index (κ2) is 43.2. The van der Waals surface area contributed by atoms with Crippen LogP contribution in [-0.2, 0) is 112 Å². The Balaban J connectivity index is 1.07. The van der Waals surface area contributed by atoms with Crippen LogP contribution < -0.4 is 53.4 Å². The molecular formula is C77H110N16O21S. The number of nitrogens with two attached hydrogens (primary N) is 2. The highest BCUT2D eigenvalue weighted by molar-refractivity contribution is 7.85. The first kappa shape index (κ1) is 91.6. The highest BCUT2D eigenvalue weighted by Gasteiger charge is 2.46. The van der Waals surface area contributed by atoms with Gasteiger partial charge in [-0.1, -0.05) is 84.4 Å². The van der Waals surface area contributed by atoms with Crippen LogP contribution in [0, 0.1) is 35.5 Å². The van der Waals surface area contributed by atoms with Gasteiger partial charge in [-0.25, -0.2) is 19.1 Å². The minimum absolute atomic E-state index is 0.0286. The molecule has 15 N–H and O–H groups in total. The van der Waals surface area contributed by atoms with Gasteiger partial charge in [-0.3, -0.25) is 61.7 Å². The van der Waals surface area contributed by atoms with Crippen LogP contribution in [-0.4, -0.2) is 251 Å². The lowest BCUT2D eigenvalue weighted by molar-refractivity contribution is -0.145. The zero-order chi connectivity index (χ0) is 84.7. The normalized spacial score (nSPS) is 21.5. The molecule has 630 valence electrons. The van der Waals surface area contributed by atoms with Crippen LogP contribution in [0.3, 0.4) is 0 Å². The van der Waals surface area contributed by atoms with Crippen molar-refractivity contribution in [1.29, 1.82) is 0 Å². The molecule has 115 heavy (non-hydrogen) atoms. The third-order valence-corrected chi connectivity index (χ3v) is 22.6. The van der Waals surface area contributed by atoms with Crippen molar-refractivity contribution < 1.29 is 101 Å². The fourth-order valence-electron chi connectivity index (χ4n) is 14.0. The average molecular weight is 1630 g/mol. The Bertz CT molecular complexity index is 4230. The number of ether oxygens (including phenoxy) is 2. The smallest absolute Gasteiger partial charge is 0.415 e. The molecule has 0 aliphatic carbocycles.